The van der Waals surface area contributed by atoms with Crippen LogP contribution in [-0.2, 0) is 9.53 Å². The molecule has 0 aliphatic heterocycles. The Hall–Kier alpha value is -1.43. The fourth-order valence-electron chi connectivity index (χ4n) is 1.87. The number of carbonyl (C=O) groups excluding carboxylic acids is 1. The number of benzene rings is 1. The first kappa shape index (κ1) is 17.6. The Kier molecular flexibility index (Phi) is 6.33. The predicted octanol–water partition coefficient (Wildman–Crippen LogP) is 3.21. The zero-order chi connectivity index (χ0) is 14.7. The summed E-state index contributed by atoms with van der Waals surface area (Å²) in [5, 5.41) is 0.863. The molecule has 7 heteroatoms. The first-order valence-electron chi connectivity index (χ1n) is 6.16. The third kappa shape index (κ3) is 3.81. The number of rotatable bonds is 4. The smallest absolute Gasteiger partial charge is 0.342 e. The number of fused-ring (bicyclic) bond motifs is 1. The van der Waals surface area contributed by atoms with Gasteiger partial charge in [0.1, 0.15) is 5.15 Å². The third-order valence-corrected chi connectivity index (χ3v) is 3.19. The Labute approximate surface area is 132 Å². The van der Waals surface area contributed by atoms with Gasteiger partial charge >= 0.3 is 5.97 Å². The second kappa shape index (κ2) is 7.54. The number of hydrogen-bond donors (Lipinski definition) is 1. The van der Waals surface area contributed by atoms with E-state index in [2.05, 4.69) is 9.72 Å². The lowest BCUT2D eigenvalue weighted by Gasteiger charge is -2.17. The van der Waals surface area contributed by atoms with Crippen LogP contribution in [0.25, 0.3) is 10.9 Å². The van der Waals surface area contributed by atoms with Crippen molar-refractivity contribution in [3.05, 3.63) is 41.0 Å². The molecular weight excluding hydrogens is 318 g/mol. The maximum absolute atomic E-state index is 14.0. The largest absolute Gasteiger partial charge is 0.464 e. The van der Waals surface area contributed by atoms with E-state index in [4.69, 9.17) is 17.3 Å². The number of alkyl halides is 1. The van der Waals surface area contributed by atoms with Gasteiger partial charge in [0.2, 0.25) is 6.17 Å². The Balaban J connectivity index is 0.00000220. The van der Waals surface area contributed by atoms with Gasteiger partial charge in [0.25, 0.3) is 0 Å². The van der Waals surface area contributed by atoms with Crippen LogP contribution in [0, 0.1) is 0 Å². The number of pyridine rings is 1. The molecule has 2 atom stereocenters. The van der Waals surface area contributed by atoms with Crippen molar-refractivity contribution >= 4 is 40.9 Å². The van der Waals surface area contributed by atoms with Crippen molar-refractivity contribution in [2.45, 2.75) is 19.1 Å². The summed E-state index contributed by atoms with van der Waals surface area (Å²) in [5.41, 5.74) is 6.73. The maximum atomic E-state index is 14.0. The molecule has 21 heavy (non-hydrogen) atoms. The van der Waals surface area contributed by atoms with Crippen LogP contribution in [0.2, 0.25) is 5.15 Å². The van der Waals surface area contributed by atoms with Gasteiger partial charge in [0.05, 0.1) is 18.2 Å². The number of nitrogens with zero attached hydrogens (tertiary/aromatic N) is 1. The molecule has 0 amide bonds. The van der Waals surface area contributed by atoms with Gasteiger partial charge in [-0.05, 0) is 19.1 Å². The minimum atomic E-state index is -1.98. The quantitative estimate of drug-likeness (QED) is 0.689. The average molecular weight is 333 g/mol. The van der Waals surface area contributed by atoms with Gasteiger partial charge in [-0.15, -0.1) is 12.4 Å². The van der Waals surface area contributed by atoms with E-state index in [-0.39, 0.29) is 29.7 Å². The second-order valence-corrected chi connectivity index (χ2v) is 4.60. The van der Waals surface area contributed by atoms with E-state index >= 15 is 0 Å². The number of para-hydroxylation sites is 1. The number of ether oxygens (including phenoxy) is 1. The molecule has 2 N–H and O–H groups in total. The Morgan fingerprint density at radius 2 is 2.14 bits per heavy atom. The summed E-state index contributed by atoms with van der Waals surface area (Å²) in [7, 11) is 0. The summed E-state index contributed by atoms with van der Waals surface area (Å²) in [5.74, 6) is -0.996. The fraction of sp³-hybridized carbons (Fsp3) is 0.286. The standard InChI is InChI=1S/C14H14ClFN2O2.ClH/c1-2-20-14(19)11(16)12(17)9-7-8-5-3-4-6-10(8)18-13(9)15;/h3-7,11-12H,2,17H2,1H3;1H/t11?,12-;/m0./s1. The molecule has 0 saturated carbocycles. The summed E-state index contributed by atoms with van der Waals surface area (Å²) in [6, 6.07) is 7.68. The first-order chi connectivity index (χ1) is 9.54. The Bertz CT molecular complexity index is 639. The van der Waals surface area contributed by atoms with Crippen molar-refractivity contribution in [1.82, 2.24) is 4.98 Å². The van der Waals surface area contributed by atoms with Crippen LogP contribution in [0.1, 0.15) is 18.5 Å². The highest BCUT2D eigenvalue weighted by atomic mass is 35.5. The molecule has 1 aromatic heterocycles. The zero-order valence-corrected chi connectivity index (χ0v) is 12.8. The molecule has 2 aromatic rings. The van der Waals surface area contributed by atoms with Crippen LogP contribution in [0.3, 0.4) is 0 Å². The Morgan fingerprint density at radius 1 is 1.48 bits per heavy atom. The molecule has 2 rings (SSSR count). The molecule has 1 aromatic carbocycles. The highest BCUT2D eigenvalue weighted by Crippen LogP contribution is 2.27. The normalized spacial score (nSPS) is 13.3. The summed E-state index contributed by atoms with van der Waals surface area (Å²) in [4.78, 5) is 15.5. The van der Waals surface area contributed by atoms with Crippen molar-refractivity contribution in [2.24, 2.45) is 5.73 Å². The van der Waals surface area contributed by atoms with Gasteiger partial charge in [0, 0.05) is 10.9 Å². The average Bonchev–Trinajstić information content (AvgIpc) is 2.45. The number of carbonyl (C=O) groups is 1. The highest BCUT2D eigenvalue weighted by Gasteiger charge is 2.29. The highest BCUT2D eigenvalue weighted by molar-refractivity contribution is 6.30. The molecule has 0 fully saturated rings. The van der Waals surface area contributed by atoms with Crippen LogP contribution < -0.4 is 5.73 Å². The van der Waals surface area contributed by atoms with E-state index in [0.717, 1.165) is 5.39 Å². The summed E-state index contributed by atoms with van der Waals surface area (Å²) in [6.45, 7) is 1.69. The minimum absolute atomic E-state index is 0. The summed E-state index contributed by atoms with van der Waals surface area (Å²) < 4.78 is 18.6. The van der Waals surface area contributed by atoms with Gasteiger partial charge in [-0.1, -0.05) is 29.8 Å². The molecular formula is C14H15Cl2FN2O2. The van der Waals surface area contributed by atoms with Crippen molar-refractivity contribution in [3.63, 3.8) is 0 Å². The number of halogens is 3. The molecule has 1 heterocycles. The van der Waals surface area contributed by atoms with E-state index in [1.54, 1.807) is 19.1 Å². The fourth-order valence-corrected chi connectivity index (χ4v) is 2.14. The van der Waals surface area contributed by atoms with Crippen molar-refractivity contribution < 1.29 is 13.9 Å². The molecule has 0 bridgehead atoms. The molecule has 114 valence electrons. The van der Waals surface area contributed by atoms with Crippen molar-refractivity contribution in [1.29, 1.82) is 0 Å². The lowest BCUT2D eigenvalue weighted by molar-refractivity contribution is -0.149. The molecule has 4 nitrogen and oxygen atoms in total. The van der Waals surface area contributed by atoms with Gasteiger partial charge in [-0.2, -0.15) is 0 Å². The van der Waals surface area contributed by atoms with Crippen LogP contribution in [-0.4, -0.2) is 23.7 Å². The topological polar surface area (TPSA) is 65.2 Å². The van der Waals surface area contributed by atoms with Crippen molar-refractivity contribution in [2.75, 3.05) is 6.61 Å². The Morgan fingerprint density at radius 3 is 2.81 bits per heavy atom. The van der Waals surface area contributed by atoms with Gasteiger partial charge in [-0.3, -0.25) is 0 Å². The molecule has 0 saturated heterocycles. The third-order valence-electron chi connectivity index (χ3n) is 2.89. The van der Waals surface area contributed by atoms with E-state index in [1.165, 1.54) is 0 Å². The lowest BCUT2D eigenvalue weighted by Crippen LogP contribution is -2.31. The second-order valence-electron chi connectivity index (χ2n) is 4.24. The van der Waals surface area contributed by atoms with Crippen LogP contribution in [0.5, 0.6) is 0 Å². The number of nitrogens with two attached hydrogens (primary N) is 1. The number of aromatic nitrogens is 1. The zero-order valence-electron chi connectivity index (χ0n) is 11.3. The van der Waals surface area contributed by atoms with Crippen molar-refractivity contribution in [3.8, 4) is 0 Å². The van der Waals surface area contributed by atoms with Gasteiger partial charge in [-0.25, -0.2) is 14.2 Å². The predicted molar refractivity (Wildman–Crippen MR) is 82.5 cm³/mol. The van der Waals surface area contributed by atoms with Gasteiger partial charge in [0.15, 0.2) is 0 Å². The molecule has 0 spiro atoms. The molecule has 0 aliphatic carbocycles. The number of esters is 1. The molecule has 0 aliphatic rings. The van der Waals surface area contributed by atoms with E-state index in [1.807, 2.05) is 18.2 Å². The SMILES string of the molecule is CCOC(=O)C(F)[C@@H](N)c1cc2ccccc2nc1Cl.Cl. The van der Waals surface area contributed by atoms with E-state index in [9.17, 15) is 9.18 Å². The lowest BCUT2D eigenvalue weighted by atomic mass is 10.0. The van der Waals surface area contributed by atoms with Crippen LogP contribution in [0.4, 0.5) is 4.39 Å². The van der Waals surface area contributed by atoms with E-state index < -0.39 is 18.2 Å². The van der Waals surface area contributed by atoms with Crippen LogP contribution in [0.15, 0.2) is 30.3 Å². The monoisotopic (exact) mass is 332 g/mol. The van der Waals surface area contributed by atoms with E-state index in [0.29, 0.717) is 5.52 Å². The van der Waals surface area contributed by atoms with Gasteiger partial charge < -0.3 is 10.5 Å². The summed E-state index contributed by atoms with van der Waals surface area (Å²) >= 11 is 6.01. The molecule has 1 unspecified atom stereocenters. The first-order valence-corrected chi connectivity index (χ1v) is 6.54. The van der Waals surface area contributed by atoms with Crippen LogP contribution >= 0.6 is 24.0 Å². The molecule has 0 radical (unpaired) electrons. The number of hydrogen-bond acceptors (Lipinski definition) is 4. The minimum Gasteiger partial charge on any atom is -0.464 e. The maximum Gasteiger partial charge on any atom is 0.342 e. The summed E-state index contributed by atoms with van der Waals surface area (Å²) in [6.07, 6.45) is -1.98.